The first kappa shape index (κ1) is 26.2. The van der Waals surface area contributed by atoms with Gasteiger partial charge < -0.3 is 15.2 Å². The molecule has 0 atom stereocenters. The maximum atomic E-state index is 15.1. The van der Waals surface area contributed by atoms with Crippen molar-refractivity contribution >= 4 is 11.6 Å². The summed E-state index contributed by atoms with van der Waals surface area (Å²) in [7, 11) is 0. The average Bonchev–Trinajstić information content (AvgIpc) is 3.04. The molecule has 0 radical (unpaired) electrons. The summed E-state index contributed by atoms with van der Waals surface area (Å²) in [6.45, 7) is 8.58. The highest BCUT2D eigenvalue weighted by atomic mass is 19.4. The van der Waals surface area contributed by atoms with Crippen LogP contribution in [0.3, 0.4) is 0 Å². The average molecular weight is 487 g/mol. The molecule has 10 heteroatoms. The Morgan fingerprint density at radius 3 is 2.26 bits per heavy atom. The zero-order valence-electron chi connectivity index (χ0n) is 19.8. The van der Waals surface area contributed by atoms with Crippen LogP contribution in [0.15, 0.2) is 30.3 Å². The predicted molar refractivity (Wildman–Crippen MR) is 122 cm³/mol. The Hall–Kier alpha value is -2.46. The second kappa shape index (κ2) is 9.65. The highest BCUT2D eigenvalue weighted by Crippen LogP contribution is 2.33. The van der Waals surface area contributed by atoms with Gasteiger partial charge in [-0.1, -0.05) is 26.8 Å². The topological polar surface area (TPSA) is 49.3 Å². The van der Waals surface area contributed by atoms with Gasteiger partial charge in [0.2, 0.25) is 0 Å². The number of amides is 1. The number of rotatable bonds is 6. The maximum Gasteiger partial charge on any atom is 0.416 e. The minimum atomic E-state index is -4.55. The number of nitrogens with one attached hydrogen (secondary N) is 2. The molecule has 1 fully saturated rings. The number of halogens is 5. The van der Waals surface area contributed by atoms with Crippen molar-refractivity contribution in [3.05, 3.63) is 52.8 Å². The molecule has 1 amide bonds. The molecule has 1 aliphatic heterocycles. The number of piperazine rings is 1. The predicted octanol–water partition coefficient (Wildman–Crippen LogP) is 4.91. The van der Waals surface area contributed by atoms with Gasteiger partial charge >= 0.3 is 6.18 Å². The number of anilines is 1. The van der Waals surface area contributed by atoms with Gasteiger partial charge in [-0.2, -0.15) is 13.2 Å². The zero-order valence-corrected chi connectivity index (χ0v) is 19.8. The minimum Gasteiger partial charge on any atom is -0.341 e. The highest BCUT2D eigenvalue weighted by molar-refractivity contribution is 6.05. The largest absolute Gasteiger partial charge is 0.416 e. The van der Waals surface area contributed by atoms with Crippen LogP contribution < -0.4 is 10.6 Å². The molecular formula is C24H31F5N4O. The Labute approximate surface area is 196 Å². The summed E-state index contributed by atoms with van der Waals surface area (Å²) in [5.41, 5.74) is -0.394. The van der Waals surface area contributed by atoms with E-state index in [1.165, 1.54) is 16.7 Å². The van der Waals surface area contributed by atoms with Gasteiger partial charge in [0.05, 0.1) is 24.2 Å². The fraction of sp³-hybridized carbons (Fsp3) is 0.542. The summed E-state index contributed by atoms with van der Waals surface area (Å²) >= 11 is 0. The monoisotopic (exact) mass is 486 g/mol. The third-order valence-corrected chi connectivity index (χ3v) is 5.88. The van der Waals surface area contributed by atoms with E-state index in [-0.39, 0.29) is 17.8 Å². The number of aromatic nitrogens is 1. The molecule has 1 aliphatic rings. The summed E-state index contributed by atoms with van der Waals surface area (Å²) in [6, 6.07) is 5.87. The van der Waals surface area contributed by atoms with Crippen LogP contribution in [-0.4, -0.2) is 54.0 Å². The van der Waals surface area contributed by atoms with E-state index in [2.05, 4.69) is 10.6 Å². The van der Waals surface area contributed by atoms with Crippen LogP contribution in [0.25, 0.3) is 0 Å². The highest BCUT2D eigenvalue weighted by Gasteiger charge is 2.36. The standard InChI is InChI=1S/C24H31F5N4O/c1-16-19(21(34)31-18-7-5-6-17(12-18)24(27,28)29)13-20(22(2,3)4)33(16)15-23(25,26)14-32-10-8-30-9-11-32/h5-7,12-13,30H,8-11,14-15H2,1-4H3,(H,31,34). The third kappa shape index (κ3) is 6.35. The number of carbonyl (C=O) groups is 1. The number of carbonyl (C=O) groups excluding carboxylic acids is 1. The van der Waals surface area contributed by atoms with Gasteiger partial charge in [-0.25, -0.2) is 8.78 Å². The molecule has 1 saturated heterocycles. The zero-order chi connectivity index (χ0) is 25.3. The van der Waals surface area contributed by atoms with Crippen LogP contribution in [0.2, 0.25) is 0 Å². The van der Waals surface area contributed by atoms with Crippen molar-refractivity contribution < 1.29 is 26.7 Å². The van der Waals surface area contributed by atoms with Gasteiger partial charge in [0, 0.05) is 48.7 Å². The number of benzene rings is 1. The second-order valence-corrected chi connectivity index (χ2v) is 9.78. The Bertz CT molecular complexity index is 1020. The molecule has 3 rings (SSSR count). The molecule has 0 saturated carbocycles. The molecule has 0 aliphatic carbocycles. The first-order valence-corrected chi connectivity index (χ1v) is 11.2. The number of nitrogens with zero attached hydrogens (tertiary/aromatic N) is 2. The van der Waals surface area contributed by atoms with Crippen molar-refractivity contribution in [3.8, 4) is 0 Å². The van der Waals surface area contributed by atoms with Crippen LogP contribution in [0.1, 0.15) is 48.1 Å². The molecule has 2 heterocycles. The van der Waals surface area contributed by atoms with Gasteiger partial charge in [0.15, 0.2) is 0 Å². The Morgan fingerprint density at radius 1 is 1.03 bits per heavy atom. The van der Waals surface area contributed by atoms with Gasteiger partial charge in [-0.3, -0.25) is 9.69 Å². The Kier molecular flexibility index (Phi) is 7.43. The van der Waals surface area contributed by atoms with E-state index in [4.69, 9.17) is 0 Å². The summed E-state index contributed by atoms with van der Waals surface area (Å²) in [5, 5.41) is 5.61. The maximum absolute atomic E-state index is 15.1. The van der Waals surface area contributed by atoms with Crippen molar-refractivity contribution in [2.24, 2.45) is 0 Å². The second-order valence-electron chi connectivity index (χ2n) is 9.78. The lowest BCUT2D eigenvalue weighted by atomic mass is 9.91. The summed E-state index contributed by atoms with van der Waals surface area (Å²) < 4.78 is 70.6. The smallest absolute Gasteiger partial charge is 0.341 e. The van der Waals surface area contributed by atoms with E-state index < -0.39 is 35.5 Å². The van der Waals surface area contributed by atoms with E-state index in [9.17, 15) is 18.0 Å². The Balaban J connectivity index is 1.87. The first-order valence-electron chi connectivity index (χ1n) is 11.2. The van der Waals surface area contributed by atoms with Gasteiger partial charge in [-0.05, 0) is 31.2 Å². The molecule has 0 bridgehead atoms. The molecule has 1 aromatic heterocycles. The molecule has 1 aromatic carbocycles. The third-order valence-electron chi connectivity index (χ3n) is 5.88. The molecule has 0 unspecified atom stereocenters. The fourth-order valence-electron chi connectivity index (χ4n) is 4.15. The van der Waals surface area contributed by atoms with Crippen LogP contribution in [0, 0.1) is 6.92 Å². The number of hydrogen-bond acceptors (Lipinski definition) is 3. The summed E-state index contributed by atoms with van der Waals surface area (Å²) in [4.78, 5) is 14.7. The Morgan fingerprint density at radius 2 is 1.68 bits per heavy atom. The van der Waals surface area contributed by atoms with Gasteiger partial charge in [0.25, 0.3) is 11.8 Å². The van der Waals surface area contributed by atoms with Crippen molar-refractivity contribution in [2.45, 2.75) is 51.8 Å². The van der Waals surface area contributed by atoms with E-state index in [0.29, 0.717) is 37.6 Å². The molecule has 5 nitrogen and oxygen atoms in total. The van der Waals surface area contributed by atoms with Crippen molar-refractivity contribution in [2.75, 3.05) is 38.0 Å². The quantitative estimate of drug-likeness (QED) is 0.571. The molecule has 2 aromatic rings. The van der Waals surface area contributed by atoms with Crippen LogP contribution >= 0.6 is 0 Å². The van der Waals surface area contributed by atoms with Crippen LogP contribution in [-0.2, 0) is 18.1 Å². The molecule has 34 heavy (non-hydrogen) atoms. The van der Waals surface area contributed by atoms with Crippen LogP contribution in [0.4, 0.5) is 27.6 Å². The number of alkyl halides is 5. The minimum absolute atomic E-state index is 0.0201. The van der Waals surface area contributed by atoms with E-state index in [0.717, 1.165) is 12.1 Å². The normalized spacial score (nSPS) is 16.0. The van der Waals surface area contributed by atoms with E-state index >= 15 is 8.78 Å². The summed E-state index contributed by atoms with van der Waals surface area (Å²) in [6.07, 6.45) is -4.55. The van der Waals surface area contributed by atoms with Gasteiger partial charge in [-0.15, -0.1) is 0 Å². The lowest BCUT2D eigenvalue weighted by Gasteiger charge is -2.32. The molecule has 188 valence electrons. The van der Waals surface area contributed by atoms with Crippen molar-refractivity contribution in [3.63, 3.8) is 0 Å². The molecule has 2 N–H and O–H groups in total. The van der Waals surface area contributed by atoms with Crippen molar-refractivity contribution in [1.29, 1.82) is 0 Å². The summed E-state index contributed by atoms with van der Waals surface area (Å²) in [5.74, 6) is -3.68. The van der Waals surface area contributed by atoms with E-state index in [1.807, 2.05) is 20.8 Å². The molecule has 0 spiro atoms. The van der Waals surface area contributed by atoms with E-state index in [1.54, 1.807) is 17.9 Å². The SMILES string of the molecule is Cc1c(C(=O)Nc2cccc(C(F)(F)F)c2)cc(C(C)(C)C)n1CC(F)(F)CN1CCNCC1. The fourth-order valence-corrected chi connectivity index (χ4v) is 4.15. The number of hydrogen-bond donors (Lipinski definition) is 2. The van der Waals surface area contributed by atoms with Crippen LogP contribution in [0.5, 0.6) is 0 Å². The first-order chi connectivity index (χ1) is 15.7. The molecular weight excluding hydrogens is 455 g/mol. The van der Waals surface area contributed by atoms with Crippen molar-refractivity contribution in [1.82, 2.24) is 14.8 Å². The lowest BCUT2D eigenvalue weighted by molar-refractivity contribution is -0.137. The lowest BCUT2D eigenvalue weighted by Crippen LogP contribution is -2.49. The van der Waals surface area contributed by atoms with Gasteiger partial charge in [0.1, 0.15) is 0 Å².